The Bertz CT molecular complexity index is 534. The number of likely N-dealkylation sites (N-methyl/N-ethyl adjacent to an activating group) is 1. The second kappa shape index (κ2) is 7.62. The molecule has 5 nitrogen and oxygen atoms in total. The molecule has 0 radical (unpaired) electrons. The van der Waals surface area contributed by atoms with Gasteiger partial charge in [-0.15, -0.1) is 0 Å². The largest absolute Gasteiger partial charge is 0.405 e. The molecule has 0 aliphatic rings. The lowest BCUT2D eigenvalue weighted by atomic mass is 10.2. The maximum absolute atomic E-state index is 13.1. The van der Waals surface area contributed by atoms with Crippen molar-refractivity contribution < 1.29 is 27.2 Å². The van der Waals surface area contributed by atoms with Crippen LogP contribution in [0.3, 0.4) is 0 Å². The monoisotopic (exact) mass is 321 g/mol. The number of urea groups is 1. The fraction of sp³-hybridized carbons (Fsp3) is 0.385. The van der Waals surface area contributed by atoms with Crippen molar-refractivity contribution in [3.8, 4) is 0 Å². The summed E-state index contributed by atoms with van der Waals surface area (Å²) in [5, 5.41) is 3.30. The molecule has 2 N–H and O–H groups in total. The first-order valence-corrected chi connectivity index (χ1v) is 6.36. The Morgan fingerprint density at radius 2 is 1.95 bits per heavy atom. The minimum atomic E-state index is -4.56. The summed E-state index contributed by atoms with van der Waals surface area (Å²) in [4.78, 5) is 24.2. The van der Waals surface area contributed by atoms with Gasteiger partial charge in [0.1, 0.15) is 12.4 Å². The number of rotatable bonds is 5. The van der Waals surface area contributed by atoms with Gasteiger partial charge >= 0.3 is 12.2 Å². The van der Waals surface area contributed by atoms with Crippen LogP contribution in [0.1, 0.15) is 6.92 Å². The normalized spacial score (nSPS) is 11.0. The summed E-state index contributed by atoms with van der Waals surface area (Å²) >= 11 is 0. The number of hydrogen-bond acceptors (Lipinski definition) is 3. The smallest absolute Gasteiger partial charge is 0.362 e. The fourth-order valence-corrected chi connectivity index (χ4v) is 1.62. The first-order valence-electron chi connectivity index (χ1n) is 6.36. The van der Waals surface area contributed by atoms with Crippen LogP contribution < -0.4 is 15.5 Å². The van der Waals surface area contributed by atoms with Gasteiger partial charge in [0.25, 0.3) is 0 Å². The van der Waals surface area contributed by atoms with Gasteiger partial charge in [-0.3, -0.25) is 10.1 Å². The molecular weight excluding hydrogens is 306 g/mol. The molecule has 0 saturated heterocycles. The zero-order valence-corrected chi connectivity index (χ0v) is 11.7. The molecule has 0 unspecified atom stereocenters. The molecule has 3 amide bonds. The number of carbonyl (C=O) groups is 2. The minimum Gasteiger partial charge on any atom is -0.362 e. The number of carbonyl (C=O) groups excluding carboxylic acids is 2. The van der Waals surface area contributed by atoms with Crippen molar-refractivity contribution >= 4 is 17.6 Å². The van der Waals surface area contributed by atoms with Crippen LogP contribution in [0.5, 0.6) is 0 Å². The molecule has 9 heteroatoms. The van der Waals surface area contributed by atoms with Gasteiger partial charge in [-0.1, -0.05) is 6.07 Å². The molecule has 1 aromatic rings. The van der Waals surface area contributed by atoms with Crippen molar-refractivity contribution in [3.05, 3.63) is 30.1 Å². The Labute approximate surface area is 124 Å². The van der Waals surface area contributed by atoms with Crippen LogP contribution in [0.4, 0.5) is 28.0 Å². The van der Waals surface area contributed by atoms with Gasteiger partial charge < -0.3 is 10.2 Å². The number of alkyl halides is 3. The van der Waals surface area contributed by atoms with Crippen molar-refractivity contribution in [3.63, 3.8) is 0 Å². The lowest BCUT2D eigenvalue weighted by molar-refractivity contribution is -0.124. The number of halogens is 4. The van der Waals surface area contributed by atoms with Crippen molar-refractivity contribution in [1.29, 1.82) is 0 Å². The molecule has 0 spiro atoms. The molecule has 0 aromatic heterocycles. The minimum absolute atomic E-state index is 0.292. The number of nitrogens with one attached hydrogen (secondary N) is 2. The van der Waals surface area contributed by atoms with E-state index in [9.17, 15) is 27.2 Å². The van der Waals surface area contributed by atoms with Gasteiger partial charge in [-0.05, 0) is 25.1 Å². The average Bonchev–Trinajstić information content (AvgIpc) is 2.42. The third-order valence-electron chi connectivity index (χ3n) is 2.59. The highest BCUT2D eigenvalue weighted by Crippen LogP contribution is 2.15. The topological polar surface area (TPSA) is 61.4 Å². The lowest BCUT2D eigenvalue weighted by Gasteiger charge is -2.22. The third-order valence-corrected chi connectivity index (χ3v) is 2.59. The predicted octanol–water partition coefficient (Wildman–Crippen LogP) is 2.04. The van der Waals surface area contributed by atoms with Crippen LogP contribution in [-0.4, -0.2) is 37.7 Å². The van der Waals surface area contributed by atoms with E-state index < -0.39 is 30.5 Å². The Morgan fingerprint density at radius 1 is 1.27 bits per heavy atom. The Morgan fingerprint density at radius 3 is 2.50 bits per heavy atom. The molecule has 0 atom stereocenters. The maximum Gasteiger partial charge on any atom is 0.405 e. The summed E-state index contributed by atoms with van der Waals surface area (Å²) in [5.41, 5.74) is 0.424. The van der Waals surface area contributed by atoms with E-state index in [0.29, 0.717) is 12.2 Å². The van der Waals surface area contributed by atoms with E-state index in [-0.39, 0.29) is 6.54 Å². The summed E-state index contributed by atoms with van der Waals surface area (Å²) < 4.78 is 48.8. The summed E-state index contributed by atoms with van der Waals surface area (Å²) in [6, 6.07) is 4.24. The van der Waals surface area contributed by atoms with Crippen LogP contribution >= 0.6 is 0 Å². The van der Waals surface area contributed by atoms with Crippen LogP contribution in [0.15, 0.2) is 24.3 Å². The SMILES string of the molecule is CCN(CC(=O)NC(=O)NCC(F)(F)F)c1cccc(F)c1. The zero-order chi connectivity index (χ0) is 16.8. The van der Waals surface area contributed by atoms with Gasteiger partial charge in [0.2, 0.25) is 5.91 Å². The number of imide groups is 1. The predicted molar refractivity (Wildman–Crippen MR) is 71.9 cm³/mol. The molecule has 122 valence electrons. The molecule has 0 heterocycles. The van der Waals surface area contributed by atoms with Crippen LogP contribution in [0, 0.1) is 5.82 Å². The molecule has 0 aliphatic heterocycles. The van der Waals surface area contributed by atoms with Crippen molar-refractivity contribution in [2.75, 3.05) is 24.5 Å². The number of hydrogen-bond donors (Lipinski definition) is 2. The van der Waals surface area contributed by atoms with Crippen molar-refractivity contribution in [2.24, 2.45) is 0 Å². The van der Waals surface area contributed by atoms with E-state index in [4.69, 9.17) is 0 Å². The van der Waals surface area contributed by atoms with E-state index in [1.54, 1.807) is 18.3 Å². The van der Waals surface area contributed by atoms with E-state index >= 15 is 0 Å². The molecule has 0 fully saturated rings. The van der Waals surface area contributed by atoms with Crippen LogP contribution in [0.25, 0.3) is 0 Å². The second-order valence-corrected chi connectivity index (χ2v) is 4.34. The average molecular weight is 321 g/mol. The number of nitrogens with zero attached hydrogens (tertiary/aromatic N) is 1. The quantitative estimate of drug-likeness (QED) is 0.816. The fourth-order valence-electron chi connectivity index (χ4n) is 1.62. The summed E-state index contributed by atoms with van der Waals surface area (Å²) in [5.74, 6) is -1.29. The molecule has 0 aliphatic carbocycles. The van der Waals surface area contributed by atoms with Gasteiger partial charge in [-0.25, -0.2) is 9.18 Å². The van der Waals surface area contributed by atoms with Gasteiger partial charge in [-0.2, -0.15) is 13.2 Å². The van der Waals surface area contributed by atoms with Crippen LogP contribution in [0.2, 0.25) is 0 Å². The highest BCUT2D eigenvalue weighted by molar-refractivity contribution is 5.96. The number of amides is 3. The van der Waals surface area contributed by atoms with E-state index in [0.717, 1.165) is 0 Å². The third kappa shape index (κ3) is 6.42. The maximum atomic E-state index is 13.1. The van der Waals surface area contributed by atoms with E-state index in [1.807, 2.05) is 0 Å². The molecule has 0 bridgehead atoms. The first-order chi connectivity index (χ1) is 10.2. The second-order valence-electron chi connectivity index (χ2n) is 4.34. The highest BCUT2D eigenvalue weighted by Gasteiger charge is 2.28. The first kappa shape index (κ1) is 17.7. The Kier molecular flexibility index (Phi) is 6.14. The standard InChI is InChI=1S/C13H15F4N3O2/c1-2-20(10-5-3-4-9(14)6-10)7-11(21)19-12(22)18-8-13(15,16)17/h3-6H,2,7-8H2,1H3,(H2,18,19,21,22). The number of benzene rings is 1. The van der Waals surface area contributed by atoms with Crippen molar-refractivity contribution in [1.82, 2.24) is 10.6 Å². The van der Waals surface area contributed by atoms with Crippen LogP contribution in [-0.2, 0) is 4.79 Å². The summed E-state index contributed by atoms with van der Waals surface area (Å²) in [6.45, 7) is 0.232. The van der Waals surface area contributed by atoms with Gasteiger partial charge in [0.15, 0.2) is 0 Å². The zero-order valence-electron chi connectivity index (χ0n) is 11.7. The molecular formula is C13H15F4N3O2. The van der Waals surface area contributed by atoms with Gasteiger partial charge in [0, 0.05) is 12.2 Å². The summed E-state index contributed by atoms with van der Waals surface area (Å²) in [7, 11) is 0. The van der Waals surface area contributed by atoms with Crippen molar-refractivity contribution in [2.45, 2.75) is 13.1 Å². The Hall–Kier alpha value is -2.32. The lowest BCUT2D eigenvalue weighted by Crippen LogP contribution is -2.46. The molecule has 1 aromatic carbocycles. The number of anilines is 1. The van der Waals surface area contributed by atoms with E-state index in [2.05, 4.69) is 0 Å². The van der Waals surface area contributed by atoms with E-state index in [1.165, 1.54) is 28.4 Å². The molecule has 0 saturated carbocycles. The molecule has 1 rings (SSSR count). The highest BCUT2D eigenvalue weighted by atomic mass is 19.4. The van der Waals surface area contributed by atoms with Gasteiger partial charge in [0.05, 0.1) is 6.54 Å². The molecule has 22 heavy (non-hydrogen) atoms. The Balaban J connectivity index is 2.53. The summed E-state index contributed by atoms with van der Waals surface area (Å²) in [6.07, 6.45) is -4.56.